The highest BCUT2D eigenvalue weighted by Gasteiger charge is 2.36. The summed E-state index contributed by atoms with van der Waals surface area (Å²) in [5.74, 6) is 1.99. The van der Waals surface area contributed by atoms with Crippen molar-refractivity contribution >= 4 is 23.2 Å². The number of rotatable bonds is 3. The van der Waals surface area contributed by atoms with Crippen LogP contribution in [0.1, 0.15) is 308 Å². The van der Waals surface area contributed by atoms with Crippen molar-refractivity contribution in [3.05, 3.63) is 52.4 Å². The van der Waals surface area contributed by atoms with Gasteiger partial charge in [0.05, 0.1) is 11.3 Å². The molecule has 10 heteroatoms. The van der Waals surface area contributed by atoms with Crippen molar-refractivity contribution in [2.75, 3.05) is 0 Å². The summed E-state index contributed by atoms with van der Waals surface area (Å²) in [6.45, 7) is 69.3. The molecule has 0 saturated heterocycles. The number of nitrogens with zero attached hydrogens (tertiary/aromatic N) is 1. The summed E-state index contributed by atoms with van der Waals surface area (Å²) in [5, 5.41) is 3.91. The number of aromatic nitrogens is 1. The fourth-order valence-electron chi connectivity index (χ4n) is 5.95. The highest BCUT2D eigenvalue weighted by molar-refractivity contribution is 6.44. The van der Waals surface area contributed by atoms with E-state index >= 15 is 0 Å². The predicted octanol–water partition coefficient (Wildman–Crippen LogP) is 26.0. The molecule has 1 aromatic carbocycles. The Balaban J connectivity index is -0.000000141. The topological polar surface area (TPSA) is 26.0 Å². The van der Waals surface area contributed by atoms with Gasteiger partial charge in [-0.25, -0.2) is 0 Å². The highest BCUT2D eigenvalue weighted by atomic mass is 35.5. The fraction of sp³-hybridized carbons (Fsp3) is 0.862. The van der Waals surface area contributed by atoms with E-state index in [0.29, 0.717) is 32.6 Å². The minimum atomic E-state index is -4.26. The highest BCUT2D eigenvalue weighted by Crippen LogP contribution is 2.44. The van der Waals surface area contributed by atoms with Crippen molar-refractivity contribution < 1.29 is 30.9 Å². The van der Waals surface area contributed by atoms with Crippen LogP contribution in [0.5, 0.6) is 0 Å². The van der Waals surface area contributed by atoms with Gasteiger partial charge in [0.2, 0.25) is 0 Å². The van der Waals surface area contributed by atoms with Gasteiger partial charge in [0.25, 0.3) is 0 Å². The van der Waals surface area contributed by atoms with Gasteiger partial charge >= 0.3 is 12.4 Å². The third-order valence-electron chi connectivity index (χ3n) is 10.4. The van der Waals surface area contributed by atoms with E-state index in [1.165, 1.54) is 69.1 Å². The maximum Gasteiger partial charge on any atom is 0.416 e. The summed E-state index contributed by atoms with van der Waals surface area (Å²) in [7, 11) is 0. The molecule has 1 aliphatic carbocycles. The molecule has 0 amide bonds. The van der Waals surface area contributed by atoms with Crippen LogP contribution in [0.3, 0.4) is 0 Å². The Kier molecular flexibility index (Phi) is 42.9. The minimum absolute atomic E-state index is 0. The first-order valence-electron chi connectivity index (χ1n) is 27.5. The summed E-state index contributed by atoms with van der Waals surface area (Å²) in [5.41, 5.74) is 3.86. The van der Waals surface area contributed by atoms with Crippen molar-refractivity contribution in [3.8, 4) is 0 Å². The molecule has 0 aliphatic heterocycles. The molecule has 1 saturated carbocycles. The average Bonchev–Trinajstić information content (AvgIpc) is 3.92. The Hall–Kier alpha value is -1.41. The Morgan fingerprint density at radius 3 is 0.987 bits per heavy atom. The SMILES string of the molecule is C.CC(C)(C)C.CC(C)(C)C(Cl)Cl.CC(C)(C)C1CC1.CC(C)(C)CC(F)(F)F.CC(C)(C)c1ccccc1C(F)(F)F.CCC(C)(C)C.CCCC(C)(C)C.CCCCC(C)(C)C.Cc1noc(C)c1C(C)(C)C. The van der Waals surface area contributed by atoms with E-state index in [9.17, 15) is 26.3 Å². The van der Waals surface area contributed by atoms with Crippen molar-refractivity contribution in [1.29, 1.82) is 0 Å². The lowest BCUT2D eigenvalue weighted by atomic mass is 9.83. The molecule has 0 N–H and O–H groups in total. The van der Waals surface area contributed by atoms with E-state index in [4.69, 9.17) is 27.7 Å². The third kappa shape index (κ3) is 66.8. The van der Waals surface area contributed by atoms with E-state index in [1.54, 1.807) is 47.6 Å². The molecule has 2 aromatic rings. The van der Waals surface area contributed by atoms with Crippen LogP contribution in [0.4, 0.5) is 26.3 Å². The standard InChI is InChI=1S/C11H13F3.C9H15NO.C8H18.C7H14.C7H16.C6H11F3.C6H14.C5H10Cl2.C5H12.CH4/c1-10(2,3)8-6-4-5-7-9(8)11(12,13)14;1-6-8(9(3,4)5)7(2)11-10-6;1-5-6-7-8(2,3)4;1-7(2,3)6-4-5-6;1-5-6-7(2,3)4;1-5(2,3)4-6(7,8)9;1-5-6(2,3)4;1-5(2,3)4(6)7;1-5(2,3)4;/h4-7H,1-3H3;1-5H3;5-7H2,1-4H3;6H,4-5H2,1-3H3;5-6H2,1-4H3;4H2,1-3H3;5H2,1-4H3;4H,1-3H3;1-4H3;1H4. The summed E-state index contributed by atoms with van der Waals surface area (Å²) in [4.78, 5) is -0.257. The zero-order chi connectivity index (χ0) is 61.1. The molecule has 0 radical (unpaired) electrons. The molecule has 75 heavy (non-hydrogen) atoms. The Morgan fingerprint density at radius 1 is 0.547 bits per heavy atom. The molecule has 1 aliphatic rings. The van der Waals surface area contributed by atoms with Gasteiger partial charge in [-0.3, -0.25) is 0 Å². The van der Waals surface area contributed by atoms with Gasteiger partial charge in [0.1, 0.15) is 10.6 Å². The molecule has 1 aromatic heterocycles. The lowest BCUT2D eigenvalue weighted by Gasteiger charge is -2.23. The molecule has 0 bridgehead atoms. The van der Waals surface area contributed by atoms with E-state index in [2.05, 4.69) is 157 Å². The average molecular weight is 1120 g/mol. The summed E-state index contributed by atoms with van der Waals surface area (Å²) < 4.78 is 77.5. The summed E-state index contributed by atoms with van der Waals surface area (Å²) in [6.07, 6.45) is 1.96. The fourth-order valence-corrected chi connectivity index (χ4v) is 5.95. The molecule has 1 heterocycles. The molecule has 2 nitrogen and oxygen atoms in total. The number of hydrogen-bond donors (Lipinski definition) is 0. The Bertz CT molecular complexity index is 1570. The van der Waals surface area contributed by atoms with Crippen LogP contribution in [-0.4, -0.2) is 16.2 Å². The molecule has 0 atom stereocenters. The number of halogens is 8. The van der Waals surface area contributed by atoms with Crippen molar-refractivity contribution in [1.82, 2.24) is 5.16 Å². The maximum absolute atomic E-state index is 12.6. The largest absolute Gasteiger partial charge is 0.416 e. The van der Waals surface area contributed by atoms with Crippen LogP contribution in [0.25, 0.3) is 0 Å². The van der Waals surface area contributed by atoms with Gasteiger partial charge in [0.15, 0.2) is 0 Å². The maximum atomic E-state index is 12.6. The van der Waals surface area contributed by atoms with Crippen LogP contribution in [0, 0.1) is 57.7 Å². The molecule has 1 fully saturated rings. The van der Waals surface area contributed by atoms with Gasteiger partial charge in [-0.15, -0.1) is 23.2 Å². The van der Waals surface area contributed by atoms with Crippen molar-refractivity contribution in [2.24, 2.45) is 43.8 Å². The van der Waals surface area contributed by atoms with E-state index in [-0.39, 0.29) is 23.1 Å². The first-order valence-corrected chi connectivity index (χ1v) is 28.4. The van der Waals surface area contributed by atoms with E-state index in [1.807, 2.05) is 34.6 Å². The van der Waals surface area contributed by atoms with Crippen molar-refractivity contribution in [3.63, 3.8) is 0 Å². The second-order valence-electron chi connectivity index (χ2n) is 30.8. The predicted molar refractivity (Wildman–Crippen MR) is 327 cm³/mol. The second-order valence-corrected chi connectivity index (χ2v) is 31.9. The zero-order valence-corrected chi connectivity index (χ0v) is 56.2. The normalized spacial score (nSPS) is 13.4. The van der Waals surface area contributed by atoms with Crippen LogP contribution >= 0.6 is 23.2 Å². The van der Waals surface area contributed by atoms with Gasteiger partial charge in [-0.05, 0) is 106 Å². The van der Waals surface area contributed by atoms with Gasteiger partial charge in [-0.2, -0.15) is 26.3 Å². The lowest BCUT2D eigenvalue weighted by molar-refractivity contribution is -0.152. The number of benzene rings is 1. The first-order chi connectivity index (χ1) is 32.1. The number of aryl methyl sites for hydroxylation is 2. The third-order valence-corrected chi connectivity index (χ3v) is 11.7. The monoisotopic (exact) mass is 1120 g/mol. The Labute approximate surface area is 475 Å². The molecule has 0 unspecified atom stereocenters. The van der Waals surface area contributed by atoms with Gasteiger partial charge in [-0.1, -0.05) is 271 Å². The number of unbranched alkanes of at least 4 members (excludes halogenated alkanes) is 1. The first kappa shape index (κ1) is 87.4. The molecular weight excluding hydrogens is 996 g/mol. The zero-order valence-electron chi connectivity index (χ0n) is 54.7. The smallest absolute Gasteiger partial charge is 0.361 e. The number of alkyl halides is 8. The van der Waals surface area contributed by atoms with Crippen LogP contribution in [-0.2, 0) is 17.0 Å². The molecule has 454 valence electrons. The summed E-state index contributed by atoms with van der Waals surface area (Å²) in [6, 6.07) is 5.71. The van der Waals surface area contributed by atoms with Crippen LogP contribution in [0.2, 0.25) is 0 Å². The van der Waals surface area contributed by atoms with Gasteiger partial charge in [0, 0.05) is 12.0 Å². The number of hydrogen-bond acceptors (Lipinski definition) is 2. The second kappa shape index (κ2) is 36.8. The summed E-state index contributed by atoms with van der Waals surface area (Å²) >= 11 is 11.0. The minimum Gasteiger partial charge on any atom is -0.361 e. The molecular formula is C65H127Cl2F6NO. The Morgan fingerprint density at radius 2 is 0.893 bits per heavy atom. The van der Waals surface area contributed by atoms with Crippen LogP contribution < -0.4 is 0 Å². The molecule has 0 spiro atoms. The van der Waals surface area contributed by atoms with Gasteiger partial charge < -0.3 is 4.52 Å². The van der Waals surface area contributed by atoms with Crippen LogP contribution in [0.15, 0.2) is 28.8 Å². The lowest BCUT2D eigenvalue weighted by Crippen LogP contribution is -2.19. The van der Waals surface area contributed by atoms with E-state index < -0.39 is 35.2 Å². The van der Waals surface area contributed by atoms with E-state index in [0.717, 1.165) is 23.4 Å². The molecule has 3 rings (SSSR count). The van der Waals surface area contributed by atoms with Crippen molar-refractivity contribution in [2.45, 2.75) is 322 Å². The quantitative estimate of drug-likeness (QED) is 0.226.